The molecule has 2 aromatic rings. The standard InChI is InChI=1S/C20H29N3O2S/c1-14(2)25-11-7-10-21-12-18-13-26-20(22-18)23(17(5)24)19-15(3)8-6-9-16(19)4/h6,8-9,13-14,21H,7,10-12H2,1-5H3. The highest BCUT2D eigenvalue weighted by atomic mass is 32.1. The predicted molar refractivity (Wildman–Crippen MR) is 108 cm³/mol. The third-order valence-corrected chi connectivity index (χ3v) is 4.84. The molecule has 0 fully saturated rings. The molecule has 1 heterocycles. The molecule has 142 valence electrons. The number of nitrogens with one attached hydrogen (secondary N) is 1. The van der Waals surface area contributed by atoms with Gasteiger partial charge in [-0.25, -0.2) is 4.98 Å². The Morgan fingerprint density at radius 3 is 2.62 bits per heavy atom. The fourth-order valence-corrected chi connectivity index (χ4v) is 3.63. The molecule has 0 aliphatic heterocycles. The van der Waals surface area contributed by atoms with Gasteiger partial charge in [0.1, 0.15) is 0 Å². The molecule has 1 N–H and O–H groups in total. The Morgan fingerprint density at radius 1 is 1.31 bits per heavy atom. The van der Waals surface area contributed by atoms with Gasteiger partial charge in [0.15, 0.2) is 5.13 Å². The average molecular weight is 376 g/mol. The van der Waals surface area contributed by atoms with E-state index in [0.29, 0.717) is 6.54 Å². The maximum atomic E-state index is 12.3. The lowest BCUT2D eigenvalue weighted by atomic mass is 10.1. The number of benzene rings is 1. The molecule has 1 aromatic heterocycles. The van der Waals surface area contributed by atoms with Crippen LogP contribution in [0, 0.1) is 13.8 Å². The van der Waals surface area contributed by atoms with E-state index in [9.17, 15) is 4.79 Å². The van der Waals surface area contributed by atoms with Crippen molar-refractivity contribution in [1.29, 1.82) is 0 Å². The summed E-state index contributed by atoms with van der Waals surface area (Å²) >= 11 is 1.50. The highest BCUT2D eigenvalue weighted by Crippen LogP contribution is 2.33. The van der Waals surface area contributed by atoms with Gasteiger partial charge in [-0.05, 0) is 51.8 Å². The first-order valence-corrected chi connectivity index (χ1v) is 9.91. The minimum absolute atomic E-state index is 0.0258. The van der Waals surface area contributed by atoms with E-state index in [-0.39, 0.29) is 12.0 Å². The number of aryl methyl sites for hydroxylation is 2. The largest absolute Gasteiger partial charge is 0.379 e. The lowest BCUT2D eigenvalue weighted by Crippen LogP contribution is -2.24. The smallest absolute Gasteiger partial charge is 0.230 e. The Bertz CT molecular complexity index is 707. The second-order valence-corrected chi connectivity index (χ2v) is 7.50. The van der Waals surface area contributed by atoms with Crippen LogP contribution in [0.4, 0.5) is 10.8 Å². The molecule has 0 bridgehead atoms. The van der Waals surface area contributed by atoms with Crippen molar-refractivity contribution in [3.63, 3.8) is 0 Å². The van der Waals surface area contributed by atoms with E-state index in [1.54, 1.807) is 11.8 Å². The molecule has 0 saturated carbocycles. The predicted octanol–water partition coefficient (Wildman–Crippen LogP) is 4.35. The van der Waals surface area contributed by atoms with E-state index < -0.39 is 0 Å². The Labute approximate surface area is 160 Å². The minimum atomic E-state index is -0.0258. The molecule has 6 heteroatoms. The SMILES string of the molecule is CC(=O)N(c1nc(CNCCCOC(C)C)cs1)c1c(C)cccc1C. The van der Waals surface area contributed by atoms with E-state index in [2.05, 4.69) is 10.3 Å². The van der Waals surface area contributed by atoms with Crippen LogP contribution in [0.15, 0.2) is 23.6 Å². The number of amides is 1. The summed E-state index contributed by atoms with van der Waals surface area (Å²) in [6.07, 6.45) is 1.25. The first kappa shape index (κ1) is 20.6. The molecule has 1 aromatic carbocycles. The molecule has 26 heavy (non-hydrogen) atoms. The van der Waals surface area contributed by atoms with Gasteiger partial charge in [-0.1, -0.05) is 18.2 Å². The van der Waals surface area contributed by atoms with Crippen LogP contribution in [0.25, 0.3) is 0 Å². The van der Waals surface area contributed by atoms with Crippen LogP contribution in [0.2, 0.25) is 0 Å². The lowest BCUT2D eigenvalue weighted by molar-refractivity contribution is -0.115. The van der Waals surface area contributed by atoms with Gasteiger partial charge in [-0.3, -0.25) is 9.69 Å². The molecule has 0 aliphatic rings. The van der Waals surface area contributed by atoms with Gasteiger partial charge in [0, 0.05) is 25.5 Å². The highest BCUT2D eigenvalue weighted by molar-refractivity contribution is 7.14. The van der Waals surface area contributed by atoms with Gasteiger partial charge in [0.05, 0.1) is 17.5 Å². The molecule has 0 atom stereocenters. The van der Waals surface area contributed by atoms with Gasteiger partial charge in [-0.15, -0.1) is 11.3 Å². The second kappa shape index (κ2) is 9.80. The highest BCUT2D eigenvalue weighted by Gasteiger charge is 2.21. The van der Waals surface area contributed by atoms with Gasteiger partial charge in [0.2, 0.25) is 5.91 Å². The van der Waals surface area contributed by atoms with E-state index >= 15 is 0 Å². The number of para-hydroxylation sites is 1. The van der Waals surface area contributed by atoms with Crippen LogP contribution in [0.5, 0.6) is 0 Å². The van der Waals surface area contributed by atoms with E-state index in [4.69, 9.17) is 4.74 Å². The van der Waals surface area contributed by atoms with Crippen molar-refractivity contribution >= 4 is 28.1 Å². The molecule has 0 spiro atoms. The fourth-order valence-electron chi connectivity index (χ4n) is 2.76. The quantitative estimate of drug-likeness (QED) is 0.662. The Morgan fingerprint density at radius 2 is 2.00 bits per heavy atom. The first-order chi connectivity index (χ1) is 12.4. The Hall–Kier alpha value is -1.76. The topological polar surface area (TPSA) is 54.5 Å². The number of ether oxygens (including phenoxy) is 1. The lowest BCUT2D eigenvalue weighted by Gasteiger charge is -2.22. The summed E-state index contributed by atoms with van der Waals surface area (Å²) in [6.45, 7) is 12.0. The zero-order valence-electron chi connectivity index (χ0n) is 16.3. The van der Waals surface area contributed by atoms with Crippen LogP contribution in [0.1, 0.15) is 44.0 Å². The average Bonchev–Trinajstić information content (AvgIpc) is 3.02. The van der Waals surface area contributed by atoms with Gasteiger partial charge in [-0.2, -0.15) is 0 Å². The van der Waals surface area contributed by atoms with Crippen molar-refractivity contribution in [1.82, 2.24) is 10.3 Å². The minimum Gasteiger partial charge on any atom is -0.379 e. The number of hydrogen-bond acceptors (Lipinski definition) is 5. The number of aromatic nitrogens is 1. The van der Waals surface area contributed by atoms with Crippen LogP contribution >= 0.6 is 11.3 Å². The summed E-state index contributed by atoms with van der Waals surface area (Å²) in [7, 11) is 0. The number of thiazole rings is 1. The van der Waals surface area contributed by atoms with Crippen molar-refractivity contribution in [2.24, 2.45) is 0 Å². The Balaban J connectivity index is 2.01. The third kappa shape index (κ3) is 5.62. The number of hydrogen-bond donors (Lipinski definition) is 1. The van der Waals surface area contributed by atoms with E-state index in [1.807, 2.05) is 51.3 Å². The number of carbonyl (C=O) groups is 1. The van der Waals surface area contributed by atoms with Crippen LogP contribution in [-0.2, 0) is 16.1 Å². The number of nitrogens with zero attached hydrogens (tertiary/aromatic N) is 2. The summed E-state index contributed by atoms with van der Waals surface area (Å²) in [5.41, 5.74) is 4.02. The van der Waals surface area contributed by atoms with E-state index in [0.717, 1.165) is 47.2 Å². The van der Waals surface area contributed by atoms with Crippen molar-refractivity contribution in [2.45, 2.75) is 53.7 Å². The number of anilines is 2. The van der Waals surface area contributed by atoms with Gasteiger partial charge < -0.3 is 10.1 Å². The van der Waals surface area contributed by atoms with E-state index in [1.165, 1.54) is 11.3 Å². The van der Waals surface area contributed by atoms with Crippen molar-refractivity contribution in [2.75, 3.05) is 18.1 Å². The maximum absolute atomic E-state index is 12.3. The normalized spacial score (nSPS) is 11.2. The fraction of sp³-hybridized carbons (Fsp3) is 0.500. The van der Waals surface area contributed by atoms with Crippen molar-refractivity contribution in [3.8, 4) is 0 Å². The van der Waals surface area contributed by atoms with Crippen molar-refractivity contribution in [3.05, 3.63) is 40.4 Å². The zero-order valence-corrected chi connectivity index (χ0v) is 17.2. The molecular weight excluding hydrogens is 346 g/mol. The van der Waals surface area contributed by atoms with Crippen LogP contribution in [-0.4, -0.2) is 30.1 Å². The van der Waals surface area contributed by atoms with Gasteiger partial charge in [0.25, 0.3) is 0 Å². The molecule has 1 amide bonds. The summed E-state index contributed by atoms with van der Waals surface area (Å²) in [5, 5.41) is 6.11. The summed E-state index contributed by atoms with van der Waals surface area (Å²) in [5.74, 6) is -0.0258. The number of rotatable bonds is 9. The summed E-state index contributed by atoms with van der Waals surface area (Å²) in [6, 6.07) is 6.05. The molecule has 0 aliphatic carbocycles. The Kier molecular flexibility index (Phi) is 7.75. The van der Waals surface area contributed by atoms with Crippen LogP contribution in [0.3, 0.4) is 0 Å². The third-order valence-electron chi connectivity index (χ3n) is 3.96. The second-order valence-electron chi connectivity index (χ2n) is 6.67. The molecule has 5 nitrogen and oxygen atoms in total. The molecular formula is C20H29N3O2S. The summed E-state index contributed by atoms with van der Waals surface area (Å²) in [4.78, 5) is 18.7. The molecule has 0 saturated heterocycles. The molecule has 0 radical (unpaired) electrons. The first-order valence-electron chi connectivity index (χ1n) is 9.03. The zero-order chi connectivity index (χ0) is 19.1. The molecule has 0 unspecified atom stereocenters. The molecule has 2 rings (SSSR count). The monoisotopic (exact) mass is 375 g/mol. The number of carbonyl (C=O) groups excluding carboxylic acids is 1. The maximum Gasteiger partial charge on any atom is 0.230 e. The van der Waals surface area contributed by atoms with Gasteiger partial charge >= 0.3 is 0 Å². The van der Waals surface area contributed by atoms with Crippen molar-refractivity contribution < 1.29 is 9.53 Å². The summed E-state index contributed by atoms with van der Waals surface area (Å²) < 4.78 is 5.53. The van der Waals surface area contributed by atoms with Crippen LogP contribution < -0.4 is 10.2 Å².